The van der Waals surface area contributed by atoms with E-state index < -0.39 is 11.9 Å². The first-order chi connectivity index (χ1) is 7.57. The van der Waals surface area contributed by atoms with Crippen LogP contribution in [0.5, 0.6) is 0 Å². The van der Waals surface area contributed by atoms with Crippen molar-refractivity contribution in [2.75, 3.05) is 7.05 Å². The lowest BCUT2D eigenvalue weighted by molar-refractivity contribution is -0.144. The summed E-state index contributed by atoms with van der Waals surface area (Å²) < 4.78 is 0. The van der Waals surface area contributed by atoms with E-state index in [0.717, 1.165) is 5.56 Å². The molecule has 1 aromatic rings. The van der Waals surface area contributed by atoms with Crippen LogP contribution >= 0.6 is 0 Å². The molecule has 3 heteroatoms. The highest BCUT2D eigenvalue weighted by atomic mass is 16.4. The van der Waals surface area contributed by atoms with Gasteiger partial charge in [0.2, 0.25) is 0 Å². The minimum Gasteiger partial charge on any atom is -0.481 e. The number of hydrogen-bond donors (Lipinski definition) is 2. The van der Waals surface area contributed by atoms with Crippen molar-refractivity contribution < 1.29 is 9.90 Å². The van der Waals surface area contributed by atoms with E-state index in [1.807, 2.05) is 44.2 Å². The van der Waals surface area contributed by atoms with Crippen molar-refractivity contribution in [3.05, 3.63) is 35.9 Å². The fourth-order valence-electron chi connectivity index (χ4n) is 2.03. The first-order valence-electron chi connectivity index (χ1n) is 5.53. The van der Waals surface area contributed by atoms with E-state index >= 15 is 0 Å². The summed E-state index contributed by atoms with van der Waals surface area (Å²) in [6, 6.07) is 9.57. The molecule has 0 saturated heterocycles. The molecule has 0 aliphatic rings. The summed E-state index contributed by atoms with van der Waals surface area (Å²) in [7, 11) is 1.80. The number of benzene rings is 1. The Kier molecular flexibility index (Phi) is 4.50. The number of hydrogen-bond acceptors (Lipinski definition) is 2. The van der Waals surface area contributed by atoms with Gasteiger partial charge >= 0.3 is 5.97 Å². The number of aliphatic carboxylic acids is 1. The standard InChI is InChI=1S/C13H19NO2/c1-9(2)11(13(15)16)12(14-3)10-7-5-4-6-8-10/h4-9,11-12,14H,1-3H3,(H,15,16). The van der Waals surface area contributed by atoms with Crippen molar-refractivity contribution in [3.8, 4) is 0 Å². The van der Waals surface area contributed by atoms with Crippen LogP contribution in [-0.4, -0.2) is 18.1 Å². The van der Waals surface area contributed by atoms with Crippen molar-refractivity contribution in [1.82, 2.24) is 5.32 Å². The zero-order valence-corrected chi connectivity index (χ0v) is 9.97. The number of rotatable bonds is 5. The molecule has 88 valence electrons. The van der Waals surface area contributed by atoms with Gasteiger partial charge in [0.1, 0.15) is 0 Å². The Balaban J connectivity index is 3.00. The van der Waals surface area contributed by atoms with Gasteiger partial charge in [0.05, 0.1) is 5.92 Å². The Morgan fingerprint density at radius 3 is 2.19 bits per heavy atom. The average Bonchev–Trinajstić information content (AvgIpc) is 2.25. The molecule has 16 heavy (non-hydrogen) atoms. The fraction of sp³-hybridized carbons (Fsp3) is 0.462. The molecule has 0 amide bonds. The lowest BCUT2D eigenvalue weighted by Gasteiger charge is -2.26. The summed E-state index contributed by atoms with van der Waals surface area (Å²) in [6.07, 6.45) is 0. The summed E-state index contributed by atoms with van der Waals surface area (Å²) in [5, 5.41) is 12.4. The fourth-order valence-corrected chi connectivity index (χ4v) is 2.03. The molecule has 1 aromatic carbocycles. The third kappa shape index (κ3) is 2.83. The van der Waals surface area contributed by atoms with Crippen molar-refractivity contribution in [1.29, 1.82) is 0 Å². The maximum atomic E-state index is 11.3. The van der Waals surface area contributed by atoms with Gasteiger partial charge in [-0.3, -0.25) is 4.79 Å². The van der Waals surface area contributed by atoms with E-state index in [4.69, 9.17) is 0 Å². The predicted molar refractivity (Wildman–Crippen MR) is 64.2 cm³/mol. The summed E-state index contributed by atoms with van der Waals surface area (Å²) in [5.74, 6) is -1.07. The molecule has 0 aromatic heterocycles. The van der Waals surface area contributed by atoms with Gasteiger partial charge in [-0.25, -0.2) is 0 Å². The van der Waals surface area contributed by atoms with Crippen LogP contribution in [0, 0.1) is 11.8 Å². The minimum atomic E-state index is -0.752. The predicted octanol–water partition coefficient (Wildman–Crippen LogP) is 2.30. The van der Waals surface area contributed by atoms with Gasteiger partial charge in [-0.05, 0) is 18.5 Å². The summed E-state index contributed by atoms with van der Waals surface area (Å²) in [6.45, 7) is 3.87. The smallest absolute Gasteiger partial charge is 0.308 e. The van der Waals surface area contributed by atoms with E-state index in [0.29, 0.717) is 0 Å². The van der Waals surface area contributed by atoms with E-state index in [1.54, 1.807) is 7.05 Å². The third-order valence-corrected chi connectivity index (χ3v) is 2.83. The van der Waals surface area contributed by atoms with Crippen LogP contribution in [0.1, 0.15) is 25.5 Å². The van der Waals surface area contributed by atoms with Gasteiger partial charge in [0.25, 0.3) is 0 Å². The average molecular weight is 221 g/mol. The summed E-state index contributed by atoms with van der Waals surface area (Å²) >= 11 is 0. The minimum absolute atomic E-state index is 0.0927. The van der Waals surface area contributed by atoms with Crippen molar-refractivity contribution in [3.63, 3.8) is 0 Å². The Morgan fingerprint density at radius 1 is 1.25 bits per heavy atom. The van der Waals surface area contributed by atoms with Crippen LogP contribution in [-0.2, 0) is 4.79 Å². The second-order valence-corrected chi connectivity index (χ2v) is 4.29. The second-order valence-electron chi connectivity index (χ2n) is 4.29. The Morgan fingerprint density at radius 2 is 1.81 bits per heavy atom. The van der Waals surface area contributed by atoms with E-state index in [2.05, 4.69) is 5.32 Å². The van der Waals surface area contributed by atoms with Crippen molar-refractivity contribution in [2.24, 2.45) is 11.8 Å². The lowest BCUT2D eigenvalue weighted by Crippen LogP contribution is -2.34. The topological polar surface area (TPSA) is 49.3 Å². The monoisotopic (exact) mass is 221 g/mol. The zero-order valence-electron chi connectivity index (χ0n) is 9.97. The normalized spacial score (nSPS) is 14.8. The van der Waals surface area contributed by atoms with Crippen LogP contribution in [0.2, 0.25) is 0 Å². The largest absolute Gasteiger partial charge is 0.481 e. The van der Waals surface area contributed by atoms with Gasteiger partial charge in [-0.1, -0.05) is 44.2 Å². The Hall–Kier alpha value is -1.35. The maximum absolute atomic E-state index is 11.3. The molecule has 2 N–H and O–H groups in total. The molecular formula is C13H19NO2. The van der Waals surface area contributed by atoms with E-state index in [9.17, 15) is 9.90 Å². The number of nitrogens with one attached hydrogen (secondary N) is 1. The quantitative estimate of drug-likeness (QED) is 0.802. The maximum Gasteiger partial charge on any atom is 0.308 e. The number of carboxylic acid groups (broad SMARTS) is 1. The molecule has 0 bridgehead atoms. The molecule has 0 radical (unpaired) electrons. The highest BCUT2D eigenvalue weighted by Crippen LogP contribution is 2.27. The summed E-state index contributed by atoms with van der Waals surface area (Å²) in [4.78, 5) is 11.3. The third-order valence-electron chi connectivity index (χ3n) is 2.83. The zero-order chi connectivity index (χ0) is 12.1. The van der Waals surface area contributed by atoms with Gasteiger partial charge < -0.3 is 10.4 Å². The van der Waals surface area contributed by atoms with Crippen molar-refractivity contribution in [2.45, 2.75) is 19.9 Å². The number of carboxylic acids is 1. The molecule has 2 unspecified atom stereocenters. The van der Waals surface area contributed by atoms with Gasteiger partial charge in [0, 0.05) is 6.04 Å². The number of carbonyl (C=O) groups is 1. The first-order valence-corrected chi connectivity index (χ1v) is 5.53. The van der Waals surface area contributed by atoms with Crippen LogP contribution in [0.4, 0.5) is 0 Å². The van der Waals surface area contributed by atoms with E-state index in [1.165, 1.54) is 0 Å². The van der Waals surface area contributed by atoms with Gasteiger partial charge in [-0.2, -0.15) is 0 Å². The van der Waals surface area contributed by atoms with E-state index in [-0.39, 0.29) is 12.0 Å². The molecule has 3 nitrogen and oxygen atoms in total. The van der Waals surface area contributed by atoms with Gasteiger partial charge in [0.15, 0.2) is 0 Å². The molecule has 0 heterocycles. The highest BCUT2D eigenvalue weighted by Gasteiger charge is 2.30. The van der Waals surface area contributed by atoms with Crippen LogP contribution in [0.3, 0.4) is 0 Å². The Bertz CT molecular complexity index is 335. The molecule has 0 aliphatic carbocycles. The highest BCUT2D eigenvalue weighted by molar-refractivity contribution is 5.71. The van der Waals surface area contributed by atoms with Crippen LogP contribution in [0.25, 0.3) is 0 Å². The first kappa shape index (κ1) is 12.7. The van der Waals surface area contributed by atoms with Gasteiger partial charge in [-0.15, -0.1) is 0 Å². The second kappa shape index (κ2) is 5.66. The molecule has 1 rings (SSSR count). The van der Waals surface area contributed by atoms with Crippen LogP contribution in [0.15, 0.2) is 30.3 Å². The Labute approximate surface area is 96.5 Å². The van der Waals surface area contributed by atoms with Crippen molar-refractivity contribution >= 4 is 5.97 Å². The summed E-state index contributed by atoms with van der Waals surface area (Å²) in [5.41, 5.74) is 1.02. The molecular weight excluding hydrogens is 202 g/mol. The van der Waals surface area contributed by atoms with Crippen LogP contribution < -0.4 is 5.32 Å². The molecule has 0 aliphatic heterocycles. The SMILES string of the molecule is CNC(c1ccccc1)C(C(=O)O)C(C)C. The molecule has 0 spiro atoms. The lowest BCUT2D eigenvalue weighted by atomic mass is 9.84. The molecule has 0 fully saturated rings. The molecule has 2 atom stereocenters. The molecule has 0 saturated carbocycles.